The number of ketones is 2. The molecule has 2 aliphatic rings. The first-order valence-corrected chi connectivity index (χ1v) is 3.62. The molecule has 0 aromatic carbocycles. The van der Waals surface area contributed by atoms with Gasteiger partial charge >= 0.3 is 0 Å². The molecule has 0 unspecified atom stereocenters. The lowest BCUT2D eigenvalue weighted by atomic mass is 9.98. The van der Waals surface area contributed by atoms with Crippen LogP contribution in [0, 0.1) is 6.42 Å². The summed E-state index contributed by atoms with van der Waals surface area (Å²) in [5, 5.41) is 0. The summed E-state index contributed by atoms with van der Waals surface area (Å²) in [7, 11) is 0. The highest BCUT2D eigenvalue weighted by Gasteiger charge is 2.26. The predicted molar refractivity (Wildman–Crippen MR) is 39.7 cm³/mol. The van der Waals surface area contributed by atoms with E-state index in [0.29, 0.717) is 11.1 Å². The van der Waals surface area contributed by atoms with Crippen molar-refractivity contribution in [3.8, 4) is 0 Å². The third-order valence-electron chi connectivity index (χ3n) is 2.02. The van der Waals surface area contributed by atoms with Crippen LogP contribution in [0.3, 0.4) is 0 Å². The average Bonchev–Trinajstić information content (AvgIpc) is 2.45. The van der Waals surface area contributed by atoms with Crippen LogP contribution < -0.4 is 0 Å². The van der Waals surface area contributed by atoms with Gasteiger partial charge in [0.15, 0.2) is 11.6 Å². The molecule has 2 heteroatoms. The van der Waals surface area contributed by atoms with Gasteiger partial charge in [-0.2, -0.15) is 0 Å². The molecule has 0 fully saturated rings. The minimum atomic E-state index is -0.0166. The van der Waals surface area contributed by atoms with Crippen molar-refractivity contribution < 1.29 is 9.59 Å². The summed E-state index contributed by atoms with van der Waals surface area (Å²) in [4.78, 5) is 22.2. The number of rotatable bonds is 0. The smallest absolute Gasteiger partial charge is 0.182 e. The Balaban J connectivity index is 2.47. The standard InChI is InChI=1S/C9H7O2/c10-8-4-5-9(11)7-3-1-2-6(7)8/h2,4-5H,1,3H2. The van der Waals surface area contributed by atoms with Crippen LogP contribution in [-0.4, -0.2) is 11.6 Å². The number of carbonyl (C=O) groups is 2. The molecule has 2 aliphatic carbocycles. The van der Waals surface area contributed by atoms with Crippen molar-refractivity contribution in [2.75, 3.05) is 0 Å². The van der Waals surface area contributed by atoms with Gasteiger partial charge in [-0.3, -0.25) is 9.59 Å². The summed E-state index contributed by atoms with van der Waals surface area (Å²) < 4.78 is 0. The normalized spacial score (nSPS) is 22.9. The molecule has 0 N–H and O–H groups in total. The van der Waals surface area contributed by atoms with Crippen molar-refractivity contribution in [2.24, 2.45) is 0 Å². The summed E-state index contributed by atoms with van der Waals surface area (Å²) >= 11 is 0. The zero-order valence-corrected chi connectivity index (χ0v) is 5.96. The van der Waals surface area contributed by atoms with Crippen LogP contribution in [-0.2, 0) is 9.59 Å². The monoisotopic (exact) mass is 147 g/mol. The lowest BCUT2D eigenvalue weighted by molar-refractivity contribution is -0.115. The van der Waals surface area contributed by atoms with E-state index < -0.39 is 0 Å². The highest BCUT2D eigenvalue weighted by atomic mass is 16.1. The first-order chi connectivity index (χ1) is 5.29. The van der Waals surface area contributed by atoms with Gasteiger partial charge in [-0.25, -0.2) is 0 Å². The second-order valence-electron chi connectivity index (χ2n) is 2.70. The molecular weight excluding hydrogens is 140 g/mol. The molecule has 0 saturated heterocycles. The molecule has 0 heterocycles. The second-order valence-corrected chi connectivity index (χ2v) is 2.70. The molecule has 0 aromatic rings. The van der Waals surface area contributed by atoms with Crippen molar-refractivity contribution in [3.63, 3.8) is 0 Å². The van der Waals surface area contributed by atoms with Crippen LogP contribution in [0.5, 0.6) is 0 Å². The Morgan fingerprint density at radius 3 is 2.55 bits per heavy atom. The van der Waals surface area contributed by atoms with Gasteiger partial charge in [0.25, 0.3) is 0 Å². The van der Waals surface area contributed by atoms with Crippen LogP contribution in [0.4, 0.5) is 0 Å². The molecular formula is C9H7O2. The molecule has 55 valence electrons. The Labute approximate surface area is 64.6 Å². The quantitative estimate of drug-likeness (QED) is 0.479. The fourth-order valence-electron chi connectivity index (χ4n) is 1.47. The van der Waals surface area contributed by atoms with E-state index in [9.17, 15) is 9.59 Å². The van der Waals surface area contributed by atoms with Gasteiger partial charge in [0, 0.05) is 11.1 Å². The molecule has 0 aliphatic heterocycles. The molecule has 0 saturated carbocycles. The number of hydrogen-bond donors (Lipinski definition) is 0. The van der Waals surface area contributed by atoms with Gasteiger partial charge in [0.05, 0.1) is 0 Å². The second kappa shape index (κ2) is 2.16. The van der Waals surface area contributed by atoms with Gasteiger partial charge in [0.1, 0.15) is 0 Å². The van der Waals surface area contributed by atoms with E-state index in [2.05, 4.69) is 0 Å². The van der Waals surface area contributed by atoms with Crippen molar-refractivity contribution in [2.45, 2.75) is 12.8 Å². The Bertz CT molecular complexity index is 267. The maximum absolute atomic E-state index is 11.1. The molecule has 0 atom stereocenters. The van der Waals surface area contributed by atoms with Crippen molar-refractivity contribution in [3.05, 3.63) is 29.7 Å². The van der Waals surface area contributed by atoms with Crippen molar-refractivity contribution >= 4 is 11.6 Å². The van der Waals surface area contributed by atoms with Gasteiger partial charge in [-0.15, -0.1) is 0 Å². The molecule has 0 bridgehead atoms. The Hall–Kier alpha value is -1.18. The highest BCUT2D eigenvalue weighted by molar-refractivity contribution is 6.21. The Morgan fingerprint density at radius 1 is 1.09 bits per heavy atom. The molecule has 0 amide bonds. The Kier molecular flexibility index (Phi) is 1.28. The van der Waals surface area contributed by atoms with Gasteiger partial charge in [0.2, 0.25) is 0 Å². The molecule has 0 spiro atoms. The number of hydrogen-bond acceptors (Lipinski definition) is 2. The van der Waals surface area contributed by atoms with Gasteiger partial charge < -0.3 is 0 Å². The van der Waals surface area contributed by atoms with E-state index in [0.717, 1.165) is 12.8 Å². The zero-order chi connectivity index (χ0) is 7.84. The fraction of sp³-hybridized carbons (Fsp3) is 0.222. The summed E-state index contributed by atoms with van der Waals surface area (Å²) in [5.74, 6) is -0.00884. The van der Waals surface area contributed by atoms with Crippen LogP contribution >= 0.6 is 0 Å². The summed E-state index contributed by atoms with van der Waals surface area (Å²) in [6, 6.07) is 0. The minimum Gasteiger partial charge on any atom is -0.290 e. The molecule has 2 nitrogen and oxygen atoms in total. The SMILES string of the molecule is O=C1C=CC(=O)C2=C1[CH]CC2. The maximum Gasteiger partial charge on any atom is 0.182 e. The fourth-order valence-corrected chi connectivity index (χ4v) is 1.47. The number of carbonyl (C=O) groups excluding carboxylic acids is 2. The molecule has 11 heavy (non-hydrogen) atoms. The summed E-state index contributed by atoms with van der Waals surface area (Å²) in [6.45, 7) is 0. The average molecular weight is 147 g/mol. The van der Waals surface area contributed by atoms with Crippen LogP contribution in [0.1, 0.15) is 12.8 Å². The first kappa shape index (κ1) is 6.53. The summed E-state index contributed by atoms with van der Waals surface area (Å²) in [6.07, 6.45) is 6.14. The van der Waals surface area contributed by atoms with Gasteiger partial charge in [-0.05, 0) is 31.4 Å². The minimum absolute atomic E-state index is 0.00773. The van der Waals surface area contributed by atoms with Crippen LogP contribution in [0.25, 0.3) is 0 Å². The van der Waals surface area contributed by atoms with Crippen molar-refractivity contribution in [1.29, 1.82) is 0 Å². The molecule has 1 radical (unpaired) electrons. The largest absolute Gasteiger partial charge is 0.290 e. The van der Waals surface area contributed by atoms with E-state index in [1.165, 1.54) is 12.2 Å². The van der Waals surface area contributed by atoms with Gasteiger partial charge in [-0.1, -0.05) is 0 Å². The van der Waals surface area contributed by atoms with Crippen LogP contribution in [0.2, 0.25) is 0 Å². The first-order valence-electron chi connectivity index (χ1n) is 3.62. The molecule has 2 rings (SSSR count). The third-order valence-corrected chi connectivity index (χ3v) is 2.02. The predicted octanol–water partition coefficient (Wildman–Crippen LogP) is 0.989. The topological polar surface area (TPSA) is 34.1 Å². The van der Waals surface area contributed by atoms with Crippen molar-refractivity contribution in [1.82, 2.24) is 0 Å². The zero-order valence-electron chi connectivity index (χ0n) is 5.96. The molecule has 0 aromatic heterocycles. The van der Waals surface area contributed by atoms with E-state index in [-0.39, 0.29) is 11.6 Å². The third kappa shape index (κ3) is 0.862. The lowest BCUT2D eigenvalue weighted by Gasteiger charge is -2.04. The lowest BCUT2D eigenvalue weighted by Crippen LogP contribution is -2.10. The van der Waals surface area contributed by atoms with E-state index in [1.807, 2.05) is 6.42 Å². The Morgan fingerprint density at radius 2 is 1.82 bits per heavy atom. The van der Waals surface area contributed by atoms with E-state index in [1.54, 1.807) is 0 Å². The maximum atomic E-state index is 11.1. The number of allylic oxidation sites excluding steroid dienone is 4. The van der Waals surface area contributed by atoms with E-state index >= 15 is 0 Å². The highest BCUT2D eigenvalue weighted by Crippen LogP contribution is 2.29. The van der Waals surface area contributed by atoms with E-state index in [4.69, 9.17) is 0 Å². The van der Waals surface area contributed by atoms with Crippen LogP contribution in [0.15, 0.2) is 23.3 Å². The summed E-state index contributed by atoms with van der Waals surface area (Å²) in [5.41, 5.74) is 1.34.